The zero-order valence-electron chi connectivity index (χ0n) is 17.2. The average molecular weight is 414 g/mol. The molecule has 0 aliphatic heterocycles. The summed E-state index contributed by atoms with van der Waals surface area (Å²) in [5, 5.41) is 15.0. The summed E-state index contributed by atoms with van der Waals surface area (Å²) in [5.74, 6) is -0.285. The summed E-state index contributed by atoms with van der Waals surface area (Å²) >= 11 is 0. The van der Waals surface area contributed by atoms with Crippen molar-refractivity contribution in [1.82, 2.24) is 20.0 Å². The predicted molar refractivity (Wildman–Crippen MR) is 119 cm³/mol. The topological polar surface area (TPSA) is 67.7 Å². The molecule has 6 nitrogen and oxygen atoms in total. The third kappa shape index (κ3) is 4.26. The lowest BCUT2D eigenvalue weighted by molar-refractivity contribution is 0.632. The van der Waals surface area contributed by atoms with Gasteiger partial charge in [0.15, 0.2) is 0 Å². The second-order valence-electron chi connectivity index (χ2n) is 8.15. The number of benzene rings is 2. The predicted octanol–water partition coefficient (Wildman–Crippen LogP) is 5.21. The van der Waals surface area contributed by atoms with E-state index in [0.29, 0.717) is 12.2 Å². The van der Waals surface area contributed by atoms with Crippen LogP contribution in [0.3, 0.4) is 0 Å². The number of nitrogens with one attached hydrogen (secondary N) is 2. The van der Waals surface area contributed by atoms with Crippen LogP contribution >= 0.6 is 0 Å². The summed E-state index contributed by atoms with van der Waals surface area (Å²) < 4.78 is 15.5. The maximum Gasteiger partial charge on any atom is 0.146 e. The van der Waals surface area contributed by atoms with Crippen LogP contribution in [0.5, 0.6) is 0 Å². The van der Waals surface area contributed by atoms with Crippen molar-refractivity contribution in [3.05, 3.63) is 90.3 Å². The molecule has 2 heterocycles. The molecule has 7 heteroatoms. The Bertz CT molecular complexity index is 1200. The number of para-hydroxylation sites is 1. The Morgan fingerprint density at radius 2 is 1.84 bits per heavy atom. The maximum atomic E-state index is 13.8. The van der Waals surface area contributed by atoms with Crippen molar-refractivity contribution in [2.24, 2.45) is 0 Å². The highest BCUT2D eigenvalue weighted by Gasteiger charge is 2.40. The van der Waals surface area contributed by atoms with Gasteiger partial charge in [-0.05, 0) is 61.4 Å². The minimum atomic E-state index is -0.285. The molecule has 0 atom stereocenters. The second-order valence-corrected chi connectivity index (χ2v) is 8.15. The first-order valence-electron chi connectivity index (χ1n) is 10.3. The highest BCUT2D eigenvalue weighted by Crippen LogP contribution is 2.46. The molecule has 2 aromatic carbocycles. The molecule has 4 aromatic rings. The van der Waals surface area contributed by atoms with Crippen molar-refractivity contribution in [3.8, 4) is 5.69 Å². The molecule has 0 saturated heterocycles. The van der Waals surface area contributed by atoms with E-state index in [9.17, 15) is 4.39 Å². The maximum absolute atomic E-state index is 13.8. The first kappa shape index (κ1) is 19.2. The highest BCUT2D eigenvalue weighted by molar-refractivity contribution is 5.61. The van der Waals surface area contributed by atoms with Crippen LogP contribution in [-0.4, -0.2) is 20.0 Å². The molecule has 1 aliphatic carbocycles. The molecular weight excluding hydrogens is 391 g/mol. The summed E-state index contributed by atoms with van der Waals surface area (Å²) in [6.45, 7) is 2.83. The monoisotopic (exact) mass is 414 g/mol. The van der Waals surface area contributed by atoms with Crippen molar-refractivity contribution in [1.29, 1.82) is 0 Å². The van der Waals surface area contributed by atoms with E-state index in [1.54, 1.807) is 22.9 Å². The van der Waals surface area contributed by atoms with Crippen molar-refractivity contribution >= 4 is 17.1 Å². The van der Waals surface area contributed by atoms with Gasteiger partial charge in [-0.3, -0.25) is 4.98 Å². The second kappa shape index (κ2) is 7.83. The average Bonchev–Trinajstić information content (AvgIpc) is 3.37. The molecule has 1 aliphatic rings. The van der Waals surface area contributed by atoms with E-state index in [0.717, 1.165) is 28.5 Å². The molecule has 0 unspecified atom stereocenters. The number of hydrogen-bond donors (Lipinski definition) is 2. The number of aromatic nitrogens is 4. The van der Waals surface area contributed by atoms with E-state index in [2.05, 4.69) is 38.9 Å². The van der Waals surface area contributed by atoms with Gasteiger partial charge in [0.25, 0.3) is 0 Å². The summed E-state index contributed by atoms with van der Waals surface area (Å²) in [5.41, 5.74) is 5.39. The number of nitrogens with zero attached hydrogens (tertiary/aromatic N) is 4. The fourth-order valence-electron chi connectivity index (χ4n) is 3.43. The van der Waals surface area contributed by atoms with Crippen LogP contribution < -0.4 is 10.6 Å². The standard InChI is InChI=1S/C24H23FN6/c1-24(11-12-24)23-14-18(10-13-26-23)27-15-19-16-31(30-29-19)20-8-6-17(7-9-20)28-22-5-3-2-4-21(22)25/h2-10,13-14,16,28H,11-12,15H2,1H3,(H,26,27). The van der Waals surface area contributed by atoms with E-state index in [1.165, 1.54) is 18.9 Å². The number of anilines is 3. The van der Waals surface area contributed by atoms with E-state index in [-0.39, 0.29) is 11.2 Å². The van der Waals surface area contributed by atoms with E-state index < -0.39 is 0 Å². The molecule has 1 saturated carbocycles. The minimum absolute atomic E-state index is 0.244. The Morgan fingerprint density at radius 1 is 1.03 bits per heavy atom. The summed E-state index contributed by atoms with van der Waals surface area (Å²) in [6, 6.07) is 18.3. The third-order valence-electron chi connectivity index (χ3n) is 5.68. The molecule has 0 spiro atoms. The molecule has 5 rings (SSSR count). The Morgan fingerprint density at radius 3 is 2.61 bits per heavy atom. The van der Waals surface area contributed by atoms with Gasteiger partial charge in [0.05, 0.1) is 24.1 Å². The number of hydrogen-bond acceptors (Lipinski definition) is 5. The van der Waals surface area contributed by atoms with Gasteiger partial charge in [-0.2, -0.15) is 0 Å². The summed E-state index contributed by atoms with van der Waals surface area (Å²) in [4.78, 5) is 4.51. The normalized spacial score (nSPS) is 14.3. The summed E-state index contributed by atoms with van der Waals surface area (Å²) in [7, 11) is 0. The van der Waals surface area contributed by atoms with Crippen LogP contribution in [0.25, 0.3) is 5.69 Å². The molecule has 2 aromatic heterocycles. The molecule has 0 amide bonds. The zero-order valence-corrected chi connectivity index (χ0v) is 17.2. The van der Waals surface area contributed by atoms with E-state index >= 15 is 0 Å². The van der Waals surface area contributed by atoms with Crippen LogP contribution in [-0.2, 0) is 12.0 Å². The van der Waals surface area contributed by atoms with E-state index in [4.69, 9.17) is 0 Å². The van der Waals surface area contributed by atoms with Gasteiger partial charge in [-0.1, -0.05) is 24.3 Å². The largest absolute Gasteiger partial charge is 0.379 e. The van der Waals surface area contributed by atoms with Gasteiger partial charge < -0.3 is 10.6 Å². The van der Waals surface area contributed by atoms with Crippen LogP contribution in [0.4, 0.5) is 21.5 Å². The SMILES string of the molecule is CC1(c2cc(NCc3cn(-c4ccc(Nc5ccccc5F)cc4)nn3)ccn2)CC1. The van der Waals surface area contributed by atoms with Crippen molar-refractivity contribution in [2.45, 2.75) is 31.7 Å². The van der Waals surface area contributed by atoms with Crippen LogP contribution in [0.1, 0.15) is 31.2 Å². The quantitative estimate of drug-likeness (QED) is 0.435. The minimum Gasteiger partial charge on any atom is -0.379 e. The Hall–Kier alpha value is -3.74. The number of rotatable bonds is 7. The smallest absolute Gasteiger partial charge is 0.146 e. The van der Waals surface area contributed by atoms with Gasteiger partial charge in [0, 0.05) is 28.7 Å². The number of pyridine rings is 1. The first-order valence-corrected chi connectivity index (χ1v) is 10.3. The Balaban J connectivity index is 1.23. The molecule has 1 fully saturated rings. The molecular formula is C24H23FN6. The molecule has 31 heavy (non-hydrogen) atoms. The van der Waals surface area contributed by atoms with Gasteiger partial charge >= 0.3 is 0 Å². The summed E-state index contributed by atoms with van der Waals surface area (Å²) in [6.07, 6.45) is 6.16. The first-order chi connectivity index (χ1) is 15.1. The Labute approximate surface area is 180 Å². The van der Waals surface area contributed by atoms with Crippen LogP contribution in [0, 0.1) is 5.82 Å². The number of halogens is 1. The van der Waals surface area contributed by atoms with Gasteiger partial charge in [0.1, 0.15) is 11.5 Å². The lowest BCUT2D eigenvalue weighted by atomic mass is 10.0. The lowest BCUT2D eigenvalue weighted by Crippen LogP contribution is -2.05. The zero-order chi connectivity index (χ0) is 21.3. The van der Waals surface area contributed by atoms with Crippen molar-refractivity contribution in [2.75, 3.05) is 10.6 Å². The highest BCUT2D eigenvalue weighted by atomic mass is 19.1. The third-order valence-corrected chi connectivity index (χ3v) is 5.68. The van der Waals surface area contributed by atoms with Gasteiger partial charge in [-0.25, -0.2) is 9.07 Å². The molecule has 0 radical (unpaired) electrons. The van der Waals surface area contributed by atoms with Gasteiger partial charge in [0.2, 0.25) is 0 Å². The molecule has 0 bridgehead atoms. The molecule has 2 N–H and O–H groups in total. The van der Waals surface area contributed by atoms with Gasteiger partial charge in [-0.15, -0.1) is 5.10 Å². The van der Waals surface area contributed by atoms with Crippen molar-refractivity contribution in [3.63, 3.8) is 0 Å². The lowest BCUT2D eigenvalue weighted by Gasteiger charge is -2.10. The fourth-order valence-corrected chi connectivity index (χ4v) is 3.43. The van der Waals surface area contributed by atoms with E-state index in [1.807, 2.05) is 42.7 Å². The molecule has 156 valence electrons. The van der Waals surface area contributed by atoms with Crippen LogP contribution in [0.15, 0.2) is 73.1 Å². The van der Waals surface area contributed by atoms with Crippen LogP contribution in [0.2, 0.25) is 0 Å². The van der Waals surface area contributed by atoms with Crippen molar-refractivity contribution < 1.29 is 4.39 Å². The fraction of sp³-hybridized carbons (Fsp3) is 0.208. The Kier molecular flexibility index (Phi) is 4.86.